The second-order valence-electron chi connectivity index (χ2n) is 4.98. The highest BCUT2D eigenvalue weighted by molar-refractivity contribution is 5.46. The topological polar surface area (TPSA) is 39.1 Å². The molecule has 0 aliphatic carbocycles. The van der Waals surface area contributed by atoms with Crippen molar-refractivity contribution in [3.05, 3.63) is 65.2 Å². The van der Waals surface area contributed by atoms with Crippen molar-refractivity contribution in [1.82, 2.24) is 5.32 Å². The minimum Gasteiger partial charge on any atom is -0.378 e. The van der Waals surface area contributed by atoms with E-state index in [1.807, 2.05) is 38.4 Å². The Kier molecular flexibility index (Phi) is 4.75. The lowest BCUT2D eigenvalue weighted by Gasteiger charge is -2.13. The molecule has 0 aliphatic heterocycles. The third kappa shape index (κ3) is 3.84. The molecular formula is C17H19N3. The third-order valence-electron chi connectivity index (χ3n) is 3.17. The average molecular weight is 265 g/mol. The van der Waals surface area contributed by atoms with Gasteiger partial charge in [0.05, 0.1) is 11.6 Å². The summed E-state index contributed by atoms with van der Waals surface area (Å²) in [7, 11) is 4.07. The summed E-state index contributed by atoms with van der Waals surface area (Å²) in [6.45, 7) is 1.59. The van der Waals surface area contributed by atoms with Gasteiger partial charge in [0, 0.05) is 32.9 Å². The monoisotopic (exact) mass is 265 g/mol. The smallest absolute Gasteiger partial charge is 0.0991 e. The molecule has 20 heavy (non-hydrogen) atoms. The Hall–Kier alpha value is -2.31. The maximum absolute atomic E-state index is 8.86. The van der Waals surface area contributed by atoms with Crippen LogP contribution in [0.2, 0.25) is 0 Å². The number of nitriles is 1. The van der Waals surface area contributed by atoms with Crippen LogP contribution in [0.25, 0.3) is 0 Å². The molecule has 0 fully saturated rings. The zero-order valence-corrected chi connectivity index (χ0v) is 11.9. The Balaban J connectivity index is 1.88. The third-order valence-corrected chi connectivity index (χ3v) is 3.17. The van der Waals surface area contributed by atoms with Crippen molar-refractivity contribution < 1.29 is 0 Å². The van der Waals surface area contributed by atoms with E-state index in [-0.39, 0.29) is 0 Å². The van der Waals surface area contributed by atoms with Crippen LogP contribution in [0.5, 0.6) is 0 Å². The van der Waals surface area contributed by atoms with Crippen LogP contribution in [-0.2, 0) is 13.1 Å². The van der Waals surface area contributed by atoms with Crippen LogP contribution in [0.1, 0.15) is 16.7 Å². The molecule has 2 aromatic rings. The van der Waals surface area contributed by atoms with Gasteiger partial charge in [-0.25, -0.2) is 0 Å². The molecule has 2 aromatic carbocycles. The molecule has 0 unspecified atom stereocenters. The zero-order valence-electron chi connectivity index (χ0n) is 11.9. The fraction of sp³-hybridized carbons (Fsp3) is 0.235. The van der Waals surface area contributed by atoms with Gasteiger partial charge in [-0.3, -0.25) is 0 Å². The molecule has 0 radical (unpaired) electrons. The van der Waals surface area contributed by atoms with Crippen molar-refractivity contribution in [2.45, 2.75) is 13.1 Å². The molecular weight excluding hydrogens is 246 g/mol. The summed E-state index contributed by atoms with van der Waals surface area (Å²) in [4.78, 5) is 2.09. The van der Waals surface area contributed by atoms with Crippen molar-refractivity contribution in [3.8, 4) is 6.07 Å². The number of nitrogens with one attached hydrogen (secondary N) is 1. The molecule has 102 valence electrons. The van der Waals surface area contributed by atoms with E-state index in [9.17, 15) is 0 Å². The number of rotatable bonds is 5. The van der Waals surface area contributed by atoms with Crippen molar-refractivity contribution in [3.63, 3.8) is 0 Å². The first-order valence-corrected chi connectivity index (χ1v) is 6.65. The molecule has 0 saturated carbocycles. The van der Waals surface area contributed by atoms with Crippen LogP contribution in [-0.4, -0.2) is 14.1 Å². The van der Waals surface area contributed by atoms with Crippen LogP contribution in [0.15, 0.2) is 48.5 Å². The highest BCUT2D eigenvalue weighted by atomic mass is 15.1. The van der Waals surface area contributed by atoms with E-state index < -0.39 is 0 Å². The summed E-state index contributed by atoms with van der Waals surface area (Å²) < 4.78 is 0. The summed E-state index contributed by atoms with van der Waals surface area (Å²) in [5.74, 6) is 0. The zero-order chi connectivity index (χ0) is 14.4. The summed E-state index contributed by atoms with van der Waals surface area (Å²) in [5.41, 5.74) is 4.30. The predicted molar refractivity (Wildman–Crippen MR) is 82.5 cm³/mol. The Morgan fingerprint density at radius 1 is 1.00 bits per heavy atom. The Bertz CT molecular complexity index is 594. The van der Waals surface area contributed by atoms with E-state index in [0.717, 1.165) is 18.7 Å². The van der Waals surface area contributed by atoms with Gasteiger partial charge in [-0.2, -0.15) is 5.26 Å². The fourth-order valence-corrected chi connectivity index (χ4v) is 2.01. The van der Waals surface area contributed by atoms with Crippen LogP contribution in [0.3, 0.4) is 0 Å². The largest absolute Gasteiger partial charge is 0.378 e. The Morgan fingerprint density at radius 3 is 2.35 bits per heavy atom. The molecule has 0 bridgehead atoms. The summed E-state index contributed by atoms with van der Waals surface area (Å²) in [6, 6.07) is 18.4. The lowest BCUT2D eigenvalue weighted by Crippen LogP contribution is -2.13. The first kappa shape index (κ1) is 14.1. The number of nitrogens with zero attached hydrogens (tertiary/aromatic N) is 2. The number of benzene rings is 2. The summed E-state index contributed by atoms with van der Waals surface area (Å²) in [5, 5.41) is 12.3. The van der Waals surface area contributed by atoms with E-state index in [1.54, 1.807) is 0 Å². The highest BCUT2D eigenvalue weighted by Crippen LogP contribution is 2.12. The van der Waals surface area contributed by atoms with Crippen LogP contribution < -0.4 is 10.2 Å². The highest BCUT2D eigenvalue weighted by Gasteiger charge is 1.98. The Morgan fingerprint density at radius 2 is 1.70 bits per heavy atom. The van der Waals surface area contributed by atoms with E-state index in [4.69, 9.17) is 5.26 Å². The molecule has 0 amide bonds. The fourth-order valence-electron chi connectivity index (χ4n) is 2.01. The molecule has 3 nitrogen and oxygen atoms in total. The van der Waals surface area contributed by atoms with E-state index >= 15 is 0 Å². The van der Waals surface area contributed by atoms with Crippen molar-refractivity contribution in [2.75, 3.05) is 19.0 Å². The SMILES string of the molecule is CN(C)c1ccc(CNCc2cccc(C#N)c2)cc1. The van der Waals surface area contributed by atoms with Gasteiger partial charge >= 0.3 is 0 Å². The van der Waals surface area contributed by atoms with Gasteiger partial charge in [-0.15, -0.1) is 0 Å². The molecule has 0 heterocycles. The van der Waals surface area contributed by atoms with Crippen LogP contribution in [0, 0.1) is 11.3 Å². The summed E-state index contributed by atoms with van der Waals surface area (Å²) >= 11 is 0. The number of anilines is 1. The van der Waals surface area contributed by atoms with Crippen LogP contribution >= 0.6 is 0 Å². The first-order chi connectivity index (χ1) is 9.69. The van der Waals surface area contributed by atoms with E-state index in [0.29, 0.717) is 5.56 Å². The van der Waals surface area contributed by atoms with E-state index in [1.165, 1.54) is 11.3 Å². The minimum atomic E-state index is 0.708. The predicted octanol–water partition coefficient (Wildman–Crippen LogP) is 2.91. The van der Waals surface area contributed by atoms with Crippen molar-refractivity contribution >= 4 is 5.69 Å². The standard InChI is InChI=1S/C17H19N3/c1-20(2)17-8-6-14(7-9-17)12-19-13-16-5-3-4-15(10-16)11-18/h3-10,19H,12-13H2,1-2H3. The van der Waals surface area contributed by atoms with Gasteiger partial charge in [-0.05, 0) is 35.4 Å². The maximum Gasteiger partial charge on any atom is 0.0991 e. The van der Waals surface area contributed by atoms with Gasteiger partial charge in [-0.1, -0.05) is 24.3 Å². The molecule has 0 spiro atoms. The van der Waals surface area contributed by atoms with Gasteiger partial charge in [0.15, 0.2) is 0 Å². The summed E-state index contributed by atoms with van der Waals surface area (Å²) in [6.07, 6.45) is 0. The second kappa shape index (κ2) is 6.74. The Labute approximate surface area is 120 Å². The van der Waals surface area contributed by atoms with Gasteiger partial charge in [0.2, 0.25) is 0 Å². The van der Waals surface area contributed by atoms with Crippen molar-refractivity contribution in [2.24, 2.45) is 0 Å². The lowest BCUT2D eigenvalue weighted by molar-refractivity contribution is 0.693. The molecule has 0 atom stereocenters. The molecule has 0 aromatic heterocycles. The molecule has 0 saturated heterocycles. The number of hydrogen-bond donors (Lipinski definition) is 1. The van der Waals surface area contributed by atoms with Crippen LogP contribution in [0.4, 0.5) is 5.69 Å². The van der Waals surface area contributed by atoms with Gasteiger partial charge in [0.1, 0.15) is 0 Å². The lowest BCUT2D eigenvalue weighted by atomic mass is 10.1. The van der Waals surface area contributed by atoms with Gasteiger partial charge < -0.3 is 10.2 Å². The quantitative estimate of drug-likeness (QED) is 0.903. The average Bonchev–Trinajstić information content (AvgIpc) is 2.48. The first-order valence-electron chi connectivity index (χ1n) is 6.65. The van der Waals surface area contributed by atoms with Crippen molar-refractivity contribution in [1.29, 1.82) is 5.26 Å². The molecule has 1 N–H and O–H groups in total. The van der Waals surface area contributed by atoms with E-state index in [2.05, 4.69) is 40.6 Å². The van der Waals surface area contributed by atoms with Gasteiger partial charge in [0.25, 0.3) is 0 Å². The minimum absolute atomic E-state index is 0.708. The molecule has 2 rings (SSSR count). The molecule has 0 aliphatic rings. The normalized spacial score (nSPS) is 10.1. The molecule has 3 heteroatoms. The maximum atomic E-state index is 8.86. The second-order valence-corrected chi connectivity index (χ2v) is 4.98. The number of hydrogen-bond acceptors (Lipinski definition) is 3.